The lowest BCUT2D eigenvalue weighted by molar-refractivity contribution is -0.140. The normalized spacial score (nSPS) is 23.6. The van der Waals surface area contributed by atoms with Crippen molar-refractivity contribution in [2.24, 2.45) is 0 Å². The first-order chi connectivity index (χ1) is 6.50. The van der Waals surface area contributed by atoms with Gasteiger partial charge in [0.05, 0.1) is 6.54 Å². The number of rotatable bonds is 2. The van der Waals surface area contributed by atoms with Crippen molar-refractivity contribution in [3.05, 3.63) is 0 Å². The molecule has 0 aliphatic carbocycles. The van der Waals surface area contributed by atoms with Gasteiger partial charge in [-0.25, -0.2) is 0 Å². The van der Waals surface area contributed by atoms with E-state index in [2.05, 4.69) is 0 Å². The first kappa shape index (κ1) is 11.0. The van der Waals surface area contributed by atoms with E-state index in [1.807, 2.05) is 11.8 Å². The van der Waals surface area contributed by atoms with Crippen LogP contribution in [-0.4, -0.2) is 59.0 Å². The second-order valence-electron chi connectivity index (χ2n) is 3.69. The van der Waals surface area contributed by atoms with E-state index in [0.29, 0.717) is 19.6 Å². The minimum absolute atomic E-state index is 0.0625. The molecule has 14 heavy (non-hydrogen) atoms. The van der Waals surface area contributed by atoms with Crippen LogP contribution in [0.3, 0.4) is 0 Å². The van der Waals surface area contributed by atoms with Crippen molar-refractivity contribution in [2.45, 2.75) is 19.9 Å². The van der Waals surface area contributed by atoms with E-state index in [9.17, 15) is 9.59 Å². The summed E-state index contributed by atoms with van der Waals surface area (Å²) in [5, 5.41) is 8.60. The predicted octanol–water partition coefficient (Wildman–Crippen LogP) is -0.376. The Balaban J connectivity index is 2.46. The van der Waals surface area contributed by atoms with Crippen molar-refractivity contribution in [2.75, 3.05) is 26.2 Å². The fraction of sp³-hybridized carbons (Fsp3) is 0.778. The number of carbonyl (C=O) groups is 2. The standard InChI is InChI=1S/C9H16N2O3/c1-7-5-10(6-9(13)14)3-4-11(7)8(2)12/h7H,3-6H2,1-2H3,(H,13,14). The monoisotopic (exact) mass is 200 g/mol. The summed E-state index contributed by atoms with van der Waals surface area (Å²) in [6, 6.07) is 0.112. The molecule has 1 aliphatic heterocycles. The van der Waals surface area contributed by atoms with Crippen LogP contribution in [0.5, 0.6) is 0 Å². The van der Waals surface area contributed by atoms with Gasteiger partial charge in [-0.05, 0) is 6.92 Å². The van der Waals surface area contributed by atoms with E-state index in [1.165, 1.54) is 0 Å². The number of nitrogens with zero attached hydrogens (tertiary/aromatic N) is 2. The lowest BCUT2D eigenvalue weighted by Crippen LogP contribution is -2.54. The van der Waals surface area contributed by atoms with Crippen molar-refractivity contribution in [3.8, 4) is 0 Å². The highest BCUT2D eigenvalue weighted by Gasteiger charge is 2.25. The Hall–Kier alpha value is -1.10. The zero-order chi connectivity index (χ0) is 10.7. The van der Waals surface area contributed by atoms with Crippen LogP contribution in [0.1, 0.15) is 13.8 Å². The SMILES string of the molecule is CC(=O)N1CCN(CC(=O)O)CC1C. The summed E-state index contributed by atoms with van der Waals surface area (Å²) in [6.45, 7) is 5.47. The van der Waals surface area contributed by atoms with Gasteiger partial charge in [0.15, 0.2) is 0 Å². The van der Waals surface area contributed by atoms with Crippen molar-refractivity contribution in [3.63, 3.8) is 0 Å². The molecule has 0 aromatic heterocycles. The van der Waals surface area contributed by atoms with Crippen LogP contribution in [0.25, 0.3) is 0 Å². The number of amides is 1. The van der Waals surface area contributed by atoms with Crippen LogP contribution in [-0.2, 0) is 9.59 Å². The van der Waals surface area contributed by atoms with Gasteiger partial charge >= 0.3 is 5.97 Å². The van der Waals surface area contributed by atoms with Gasteiger partial charge in [0.25, 0.3) is 0 Å². The Labute approximate surface area is 83.3 Å². The predicted molar refractivity (Wildman–Crippen MR) is 50.9 cm³/mol. The van der Waals surface area contributed by atoms with Gasteiger partial charge < -0.3 is 10.0 Å². The minimum Gasteiger partial charge on any atom is -0.480 e. The highest BCUT2D eigenvalue weighted by atomic mass is 16.4. The molecular weight excluding hydrogens is 184 g/mol. The summed E-state index contributed by atoms with van der Waals surface area (Å²) in [4.78, 5) is 25.2. The molecule has 1 amide bonds. The summed E-state index contributed by atoms with van der Waals surface area (Å²) in [5.41, 5.74) is 0. The molecule has 1 fully saturated rings. The van der Waals surface area contributed by atoms with Crippen LogP contribution in [0.15, 0.2) is 0 Å². The second-order valence-corrected chi connectivity index (χ2v) is 3.69. The van der Waals surface area contributed by atoms with Crippen molar-refractivity contribution in [1.82, 2.24) is 9.80 Å². The molecule has 1 heterocycles. The molecule has 0 aromatic rings. The molecule has 1 rings (SSSR count). The maximum Gasteiger partial charge on any atom is 0.317 e. The lowest BCUT2D eigenvalue weighted by Gasteiger charge is -2.38. The minimum atomic E-state index is -0.812. The third-order valence-electron chi connectivity index (χ3n) is 2.47. The molecule has 5 nitrogen and oxygen atoms in total. The van der Waals surface area contributed by atoms with Gasteiger partial charge in [-0.2, -0.15) is 0 Å². The molecule has 1 N–H and O–H groups in total. The third kappa shape index (κ3) is 2.70. The molecule has 0 spiro atoms. The number of carbonyl (C=O) groups excluding carboxylic acids is 1. The van der Waals surface area contributed by atoms with Gasteiger partial charge in [-0.15, -0.1) is 0 Å². The first-order valence-corrected chi connectivity index (χ1v) is 4.72. The number of piperazine rings is 1. The van der Waals surface area contributed by atoms with E-state index in [4.69, 9.17) is 5.11 Å². The van der Waals surface area contributed by atoms with Gasteiger partial charge in [0.1, 0.15) is 0 Å². The Morgan fingerprint density at radius 2 is 2.07 bits per heavy atom. The smallest absolute Gasteiger partial charge is 0.317 e. The molecule has 1 atom stereocenters. The average molecular weight is 200 g/mol. The summed E-state index contributed by atoms with van der Waals surface area (Å²) >= 11 is 0. The zero-order valence-corrected chi connectivity index (χ0v) is 8.56. The number of hydrogen-bond acceptors (Lipinski definition) is 3. The number of hydrogen-bond donors (Lipinski definition) is 1. The molecule has 1 unspecified atom stereocenters. The van der Waals surface area contributed by atoms with E-state index >= 15 is 0 Å². The molecule has 80 valence electrons. The molecule has 0 saturated carbocycles. The molecule has 0 aromatic carbocycles. The van der Waals surface area contributed by atoms with Gasteiger partial charge in [0, 0.05) is 32.6 Å². The molecule has 0 radical (unpaired) electrons. The lowest BCUT2D eigenvalue weighted by atomic mass is 10.2. The fourth-order valence-electron chi connectivity index (χ4n) is 1.84. The van der Waals surface area contributed by atoms with Crippen molar-refractivity contribution < 1.29 is 14.7 Å². The van der Waals surface area contributed by atoms with Crippen LogP contribution < -0.4 is 0 Å². The fourth-order valence-corrected chi connectivity index (χ4v) is 1.84. The average Bonchev–Trinajstić information content (AvgIpc) is 2.01. The van der Waals surface area contributed by atoms with Crippen LogP contribution in [0, 0.1) is 0 Å². The summed E-state index contributed by atoms with van der Waals surface area (Å²) in [5.74, 6) is -0.749. The molecular formula is C9H16N2O3. The summed E-state index contributed by atoms with van der Waals surface area (Å²) < 4.78 is 0. The molecule has 5 heteroatoms. The topological polar surface area (TPSA) is 60.9 Å². The Morgan fingerprint density at radius 3 is 2.50 bits per heavy atom. The molecule has 1 aliphatic rings. The van der Waals surface area contributed by atoms with Crippen LogP contribution in [0.4, 0.5) is 0 Å². The highest BCUT2D eigenvalue weighted by molar-refractivity contribution is 5.74. The third-order valence-corrected chi connectivity index (χ3v) is 2.47. The highest BCUT2D eigenvalue weighted by Crippen LogP contribution is 2.08. The van der Waals surface area contributed by atoms with Gasteiger partial charge in [-0.3, -0.25) is 14.5 Å². The molecule has 1 saturated heterocycles. The van der Waals surface area contributed by atoms with Gasteiger partial charge in [0.2, 0.25) is 5.91 Å². The van der Waals surface area contributed by atoms with Crippen LogP contribution >= 0.6 is 0 Å². The Kier molecular flexibility index (Phi) is 3.46. The number of aliphatic carboxylic acids is 1. The summed E-state index contributed by atoms with van der Waals surface area (Å²) in [6.07, 6.45) is 0. The van der Waals surface area contributed by atoms with E-state index in [-0.39, 0.29) is 18.5 Å². The van der Waals surface area contributed by atoms with Gasteiger partial charge in [-0.1, -0.05) is 0 Å². The number of carboxylic acids is 1. The maximum absolute atomic E-state index is 11.1. The first-order valence-electron chi connectivity index (χ1n) is 4.72. The maximum atomic E-state index is 11.1. The Morgan fingerprint density at radius 1 is 1.43 bits per heavy atom. The molecule has 0 bridgehead atoms. The zero-order valence-electron chi connectivity index (χ0n) is 8.56. The largest absolute Gasteiger partial charge is 0.480 e. The quantitative estimate of drug-likeness (QED) is 0.660. The second kappa shape index (κ2) is 4.41. The van der Waals surface area contributed by atoms with Crippen molar-refractivity contribution >= 4 is 11.9 Å². The van der Waals surface area contributed by atoms with E-state index in [0.717, 1.165) is 0 Å². The summed E-state index contributed by atoms with van der Waals surface area (Å²) in [7, 11) is 0. The van der Waals surface area contributed by atoms with Crippen LogP contribution in [0.2, 0.25) is 0 Å². The number of carboxylic acid groups (broad SMARTS) is 1. The van der Waals surface area contributed by atoms with E-state index < -0.39 is 5.97 Å². The van der Waals surface area contributed by atoms with E-state index in [1.54, 1.807) is 11.8 Å². The Bertz CT molecular complexity index is 242. The van der Waals surface area contributed by atoms with Crippen molar-refractivity contribution in [1.29, 1.82) is 0 Å².